The number of fused-ring (bicyclic) bond motifs is 3. The first-order valence-electron chi connectivity index (χ1n) is 11.8. The molecule has 5 rings (SSSR count). The molecule has 3 heterocycles. The van der Waals surface area contributed by atoms with E-state index < -0.39 is 0 Å². The van der Waals surface area contributed by atoms with Gasteiger partial charge in [-0.2, -0.15) is 0 Å². The van der Waals surface area contributed by atoms with Crippen molar-refractivity contribution in [2.75, 3.05) is 33.4 Å². The van der Waals surface area contributed by atoms with Gasteiger partial charge in [0.15, 0.2) is 5.79 Å². The predicted octanol–water partition coefficient (Wildman–Crippen LogP) is 3.97. The molecule has 0 aromatic heterocycles. The van der Waals surface area contributed by atoms with Gasteiger partial charge < -0.3 is 24.0 Å². The number of rotatable bonds is 4. The molecule has 1 saturated carbocycles. The summed E-state index contributed by atoms with van der Waals surface area (Å²) in [5.74, 6) is 0.573. The van der Waals surface area contributed by atoms with Crippen LogP contribution in [0, 0.1) is 0 Å². The SMILES string of the molecule is CC(C)=CCOc1ccc(/C=C2/C(=O)N(C)C3CN2C2(CCC4(CC2)OCCO4)C3)cc1. The molecule has 2 bridgehead atoms. The van der Waals surface area contributed by atoms with Crippen LogP contribution in [0.2, 0.25) is 0 Å². The third kappa shape index (κ3) is 3.84. The van der Waals surface area contributed by atoms with Crippen LogP contribution in [-0.4, -0.2) is 66.5 Å². The Morgan fingerprint density at radius 1 is 1.12 bits per heavy atom. The molecular weight excluding hydrogens is 404 g/mol. The number of nitrogens with zero attached hydrogens (tertiary/aromatic N) is 2. The standard InChI is InChI=1S/C26H34N2O4/c1-19(2)8-13-30-22-6-4-20(5-7-22)16-23-24(29)27(3)21-17-25(28(23)18-21)9-11-26(12-10-25)31-14-15-32-26/h4-8,16,21H,9-15,17-18H2,1-3H3/b23-16-. The van der Waals surface area contributed by atoms with Gasteiger partial charge in [-0.25, -0.2) is 0 Å². The molecule has 6 heteroatoms. The first-order chi connectivity index (χ1) is 15.4. The molecule has 32 heavy (non-hydrogen) atoms. The minimum Gasteiger partial charge on any atom is -0.490 e. The monoisotopic (exact) mass is 438 g/mol. The van der Waals surface area contributed by atoms with E-state index in [1.807, 2.05) is 36.2 Å². The van der Waals surface area contributed by atoms with Gasteiger partial charge >= 0.3 is 0 Å². The molecule has 4 fully saturated rings. The molecule has 1 aliphatic carbocycles. The molecule has 1 amide bonds. The first kappa shape index (κ1) is 21.5. The van der Waals surface area contributed by atoms with Gasteiger partial charge in [-0.1, -0.05) is 17.7 Å². The molecule has 172 valence electrons. The fraction of sp³-hybridized carbons (Fsp3) is 0.577. The number of hydrogen-bond donors (Lipinski definition) is 0. The van der Waals surface area contributed by atoms with Gasteiger partial charge in [-0.3, -0.25) is 4.79 Å². The average molecular weight is 439 g/mol. The molecule has 0 N–H and O–H groups in total. The van der Waals surface area contributed by atoms with E-state index in [4.69, 9.17) is 14.2 Å². The summed E-state index contributed by atoms with van der Waals surface area (Å²) in [5.41, 5.74) is 3.09. The molecule has 1 aromatic rings. The number of amides is 1. The zero-order valence-corrected chi connectivity index (χ0v) is 19.4. The number of hydrogen-bond acceptors (Lipinski definition) is 5. The second kappa shape index (κ2) is 8.23. The Morgan fingerprint density at radius 2 is 1.81 bits per heavy atom. The van der Waals surface area contributed by atoms with Crippen LogP contribution in [0.25, 0.3) is 6.08 Å². The maximum absolute atomic E-state index is 13.3. The number of benzene rings is 1. The van der Waals surface area contributed by atoms with Gasteiger partial charge in [0.1, 0.15) is 18.1 Å². The summed E-state index contributed by atoms with van der Waals surface area (Å²) in [6.45, 7) is 6.99. The van der Waals surface area contributed by atoms with Crippen molar-refractivity contribution in [3.8, 4) is 5.75 Å². The third-order valence-electron chi connectivity index (χ3n) is 7.64. The van der Waals surface area contributed by atoms with Crippen molar-refractivity contribution in [2.24, 2.45) is 0 Å². The molecule has 1 atom stereocenters. The lowest BCUT2D eigenvalue weighted by Crippen LogP contribution is -2.53. The van der Waals surface area contributed by atoms with Crippen molar-refractivity contribution >= 4 is 12.0 Å². The van der Waals surface area contributed by atoms with Crippen LogP contribution in [0.15, 0.2) is 41.6 Å². The van der Waals surface area contributed by atoms with E-state index in [-0.39, 0.29) is 23.3 Å². The topological polar surface area (TPSA) is 51.2 Å². The molecule has 1 aromatic carbocycles. The molecule has 1 unspecified atom stereocenters. The van der Waals surface area contributed by atoms with Crippen LogP contribution < -0.4 is 4.74 Å². The van der Waals surface area contributed by atoms with Gasteiger partial charge in [-0.15, -0.1) is 0 Å². The van der Waals surface area contributed by atoms with Crippen molar-refractivity contribution < 1.29 is 19.0 Å². The largest absolute Gasteiger partial charge is 0.490 e. The highest BCUT2D eigenvalue weighted by Crippen LogP contribution is 2.51. The highest BCUT2D eigenvalue weighted by Gasteiger charge is 2.57. The van der Waals surface area contributed by atoms with Crippen LogP contribution in [0.4, 0.5) is 0 Å². The predicted molar refractivity (Wildman–Crippen MR) is 123 cm³/mol. The summed E-state index contributed by atoms with van der Waals surface area (Å²) >= 11 is 0. The molecule has 3 saturated heterocycles. The number of ether oxygens (including phenoxy) is 3. The van der Waals surface area contributed by atoms with E-state index in [1.54, 1.807) is 0 Å². The lowest BCUT2D eigenvalue weighted by molar-refractivity contribution is -0.190. The Hall–Kier alpha value is -2.31. The quantitative estimate of drug-likeness (QED) is 0.526. The lowest BCUT2D eigenvalue weighted by Gasteiger charge is -2.47. The molecule has 4 aliphatic rings. The van der Waals surface area contributed by atoms with E-state index in [9.17, 15) is 4.79 Å². The second-order valence-corrected chi connectivity index (χ2v) is 9.91. The maximum atomic E-state index is 13.3. The van der Waals surface area contributed by atoms with E-state index in [2.05, 4.69) is 30.9 Å². The normalized spacial score (nSPS) is 26.9. The van der Waals surface area contributed by atoms with Gasteiger partial charge in [0.25, 0.3) is 5.91 Å². The lowest BCUT2D eigenvalue weighted by atomic mass is 9.76. The Kier molecular flexibility index (Phi) is 5.54. The van der Waals surface area contributed by atoms with Crippen LogP contribution in [0.3, 0.4) is 0 Å². The summed E-state index contributed by atoms with van der Waals surface area (Å²) in [6, 6.07) is 8.30. The van der Waals surface area contributed by atoms with Crippen molar-refractivity contribution in [3.05, 3.63) is 47.2 Å². The van der Waals surface area contributed by atoms with Crippen LogP contribution in [0.1, 0.15) is 51.5 Å². The summed E-state index contributed by atoms with van der Waals surface area (Å²) in [4.78, 5) is 17.6. The Labute approximate surface area is 190 Å². The highest BCUT2D eigenvalue weighted by molar-refractivity contribution is 5.98. The molecular formula is C26H34N2O4. The minimum atomic E-state index is -0.385. The summed E-state index contributed by atoms with van der Waals surface area (Å²) in [7, 11) is 1.95. The molecule has 6 nitrogen and oxygen atoms in total. The molecule has 3 aliphatic heterocycles. The fourth-order valence-corrected chi connectivity index (χ4v) is 5.71. The average Bonchev–Trinajstić information content (AvgIpc) is 3.37. The maximum Gasteiger partial charge on any atom is 0.270 e. The Balaban J connectivity index is 1.36. The van der Waals surface area contributed by atoms with Crippen molar-refractivity contribution in [3.63, 3.8) is 0 Å². The van der Waals surface area contributed by atoms with Crippen molar-refractivity contribution in [1.82, 2.24) is 9.80 Å². The zero-order valence-electron chi connectivity index (χ0n) is 19.4. The van der Waals surface area contributed by atoms with E-state index in [0.29, 0.717) is 19.8 Å². The second-order valence-electron chi connectivity index (χ2n) is 9.91. The van der Waals surface area contributed by atoms with Gasteiger partial charge in [0.05, 0.1) is 19.3 Å². The smallest absolute Gasteiger partial charge is 0.270 e. The van der Waals surface area contributed by atoms with E-state index in [1.165, 1.54) is 5.57 Å². The molecule has 0 radical (unpaired) electrons. The van der Waals surface area contributed by atoms with E-state index >= 15 is 0 Å². The first-order valence-corrected chi connectivity index (χ1v) is 11.8. The summed E-state index contributed by atoms with van der Waals surface area (Å²) in [6.07, 6.45) is 8.94. The number of carbonyl (C=O) groups is 1. The number of allylic oxidation sites excluding steroid dienone is 1. The van der Waals surface area contributed by atoms with Crippen molar-refractivity contribution in [2.45, 2.75) is 63.3 Å². The fourth-order valence-electron chi connectivity index (χ4n) is 5.71. The van der Waals surface area contributed by atoms with Crippen molar-refractivity contribution in [1.29, 1.82) is 0 Å². The Bertz CT molecular complexity index is 916. The van der Waals surface area contributed by atoms with E-state index in [0.717, 1.165) is 55.7 Å². The molecule has 2 spiro atoms. The summed E-state index contributed by atoms with van der Waals surface area (Å²) in [5, 5.41) is 0. The number of carbonyl (C=O) groups excluding carboxylic acids is 1. The van der Waals surface area contributed by atoms with Gasteiger partial charge in [0, 0.05) is 32.0 Å². The zero-order chi connectivity index (χ0) is 22.3. The van der Waals surface area contributed by atoms with Gasteiger partial charge in [0.2, 0.25) is 0 Å². The number of likely N-dealkylation sites (N-methyl/N-ethyl adjacent to an activating group) is 1. The van der Waals surface area contributed by atoms with Gasteiger partial charge in [-0.05, 0) is 63.0 Å². The minimum absolute atomic E-state index is 0.0187. The van der Waals surface area contributed by atoms with Crippen LogP contribution in [-0.2, 0) is 14.3 Å². The van der Waals surface area contributed by atoms with Crippen LogP contribution >= 0.6 is 0 Å². The highest BCUT2D eigenvalue weighted by atomic mass is 16.7. The third-order valence-corrected chi connectivity index (χ3v) is 7.64. The summed E-state index contributed by atoms with van der Waals surface area (Å²) < 4.78 is 17.7. The van der Waals surface area contributed by atoms with Crippen LogP contribution in [0.5, 0.6) is 5.75 Å². The number of piperazine rings is 1. The Morgan fingerprint density at radius 3 is 2.47 bits per heavy atom.